The van der Waals surface area contributed by atoms with Gasteiger partial charge in [0.25, 0.3) is 11.8 Å². The standard InChI is InChI=1S/C26H37N3O2/c1-19-11-13-20(14-12-19)23-24(28(3)21-15-17-27(2)18-16-21)26(31)29(25(23)30)22-9-7-5-4-6-8-10-22/h11-14,21-22H,4-10,15-18H2,1-3H3. The van der Waals surface area contributed by atoms with E-state index in [-0.39, 0.29) is 17.9 Å². The fourth-order valence-electron chi connectivity index (χ4n) is 5.43. The number of piperidine rings is 1. The lowest BCUT2D eigenvalue weighted by molar-refractivity contribution is -0.140. The summed E-state index contributed by atoms with van der Waals surface area (Å²) in [6.07, 6.45) is 9.77. The zero-order valence-electron chi connectivity index (χ0n) is 19.4. The van der Waals surface area contributed by atoms with Crippen LogP contribution < -0.4 is 0 Å². The molecule has 0 N–H and O–H groups in total. The number of nitrogens with zero attached hydrogens (tertiary/aromatic N) is 3. The summed E-state index contributed by atoms with van der Waals surface area (Å²) in [4.78, 5) is 33.7. The van der Waals surface area contributed by atoms with Gasteiger partial charge in [-0.3, -0.25) is 14.5 Å². The first-order valence-corrected chi connectivity index (χ1v) is 12.1. The molecule has 0 unspecified atom stereocenters. The molecular weight excluding hydrogens is 386 g/mol. The zero-order valence-corrected chi connectivity index (χ0v) is 19.4. The maximum absolute atomic E-state index is 13.8. The van der Waals surface area contributed by atoms with Crippen LogP contribution in [0.2, 0.25) is 0 Å². The molecule has 5 nitrogen and oxygen atoms in total. The van der Waals surface area contributed by atoms with Crippen LogP contribution in [0.15, 0.2) is 30.0 Å². The number of likely N-dealkylation sites (N-methyl/N-ethyl adjacent to an activating group) is 1. The van der Waals surface area contributed by atoms with E-state index in [9.17, 15) is 9.59 Å². The van der Waals surface area contributed by atoms with Crippen molar-refractivity contribution in [3.8, 4) is 0 Å². The van der Waals surface area contributed by atoms with E-state index in [1.165, 1.54) is 19.3 Å². The van der Waals surface area contributed by atoms with Crippen molar-refractivity contribution in [1.29, 1.82) is 0 Å². The summed E-state index contributed by atoms with van der Waals surface area (Å²) < 4.78 is 0. The molecule has 5 heteroatoms. The highest BCUT2D eigenvalue weighted by Gasteiger charge is 2.45. The Morgan fingerprint density at radius 2 is 1.42 bits per heavy atom. The fourth-order valence-corrected chi connectivity index (χ4v) is 5.43. The monoisotopic (exact) mass is 423 g/mol. The Morgan fingerprint density at radius 1 is 0.839 bits per heavy atom. The summed E-state index contributed by atoms with van der Waals surface area (Å²) in [6.45, 7) is 4.10. The minimum absolute atomic E-state index is 0.0316. The number of hydrogen-bond donors (Lipinski definition) is 0. The Balaban J connectivity index is 1.69. The minimum atomic E-state index is -0.0887. The molecule has 2 fully saturated rings. The van der Waals surface area contributed by atoms with Gasteiger partial charge in [-0.1, -0.05) is 61.9 Å². The number of imide groups is 1. The van der Waals surface area contributed by atoms with Crippen molar-refractivity contribution < 1.29 is 9.59 Å². The summed E-state index contributed by atoms with van der Waals surface area (Å²) in [7, 11) is 4.17. The zero-order chi connectivity index (χ0) is 22.0. The largest absolute Gasteiger partial charge is 0.366 e. The summed E-state index contributed by atoms with van der Waals surface area (Å²) >= 11 is 0. The van der Waals surface area contributed by atoms with Crippen molar-refractivity contribution in [2.24, 2.45) is 0 Å². The van der Waals surface area contributed by atoms with Crippen molar-refractivity contribution in [3.63, 3.8) is 0 Å². The van der Waals surface area contributed by atoms with E-state index >= 15 is 0 Å². The molecule has 1 saturated carbocycles. The maximum atomic E-state index is 13.8. The molecule has 0 spiro atoms. The molecule has 168 valence electrons. The Hall–Kier alpha value is -2.14. The van der Waals surface area contributed by atoms with Crippen LogP contribution in [0.25, 0.3) is 5.57 Å². The summed E-state index contributed by atoms with van der Waals surface area (Å²) in [5.74, 6) is -0.165. The normalized spacial score (nSPS) is 22.7. The summed E-state index contributed by atoms with van der Waals surface area (Å²) in [5, 5.41) is 0. The number of rotatable bonds is 4. The molecule has 2 heterocycles. The molecule has 0 radical (unpaired) electrons. The Morgan fingerprint density at radius 3 is 2.03 bits per heavy atom. The van der Waals surface area contributed by atoms with E-state index in [0.717, 1.165) is 62.7 Å². The first-order chi connectivity index (χ1) is 15.0. The lowest BCUT2D eigenvalue weighted by atomic mass is 9.95. The predicted octanol–water partition coefficient (Wildman–Crippen LogP) is 4.21. The highest BCUT2D eigenvalue weighted by molar-refractivity contribution is 6.35. The van der Waals surface area contributed by atoms with E-state index in [1.54, 1.807) is 4.90 Å². The molecule has 2 amide bonds. The van der Waals surface area contributed by atoms with Crippen LogP contribution >= 0.6 is 0 Å². The van der Waals surface area contributed by atoms with Crippen LogP contribution in [0, 0.1) is 6.92 Å². The number of carbonyl (C=O) groups excluding carboxylic acids is 2. The number of hydrogen-bond acceptors (Lipinski definition) is 4. The van der Waals surface area contributed by atoms with Gasteiger partial charge in [-0.2, -0.15) is 0 Å². The predicted molar refractivity (Wildman–Crippen MR) is 124 cm³/mol. The SMILES string of the molecule is Cc1ccc(C2=C(N(C)C3CCN(C)CC3)C(=O)N(C3CCCCCCC3)C2=O)cc1. The van der Waals surface area contributed by atoms with Gasteiger partial charge in [0.2, 0.25) is 0 Å². The van der Waals surface area contributed by atoms with Crippen LogP contribution in [0.5, 0.6) is 0 Å². The van der Waals surface area contributed by atoms with Gasteiger partial charge in [0.05, 0.1) is 5.57 Å². The second-order valence-electron chi connectivity index (χ2n) is 9.71. The van der Waals surface area contributed by atoms with Crippen molar-refractivity contribution in [1.82, 2.24) is 14.7 Å². The smallest absolute Gasteiger partial charge is 0.278 e. The van der Waals surface area contributed by atoms with Crippen molar-refractivity contribution in [2.45, 2.75) is 76.8 Å². The molecule has 1 saturated heterocycles. The summed E-state index contributed by atoms with van der Waals surface area (Å²) in [5.41, 5.74) is 3.24. The highest BCUT2D eigenvalue weighted by Crippen LogP contribution is 2.36. The van der Waals surface area contributed by atoms with E-state index in [0.29, 0.717) is 17.3 Å². The molecule has 0 bridgehead atoms. The Kier molecular flexibility index (Phi) is 6.80. The second kappa shape index (κ2) is 9.56. The molecule has 0 atom stereocenters. The average Bonchev–Trinajstić information content (AvgIpc) is 2.99. The number of amides is 2. The van der Waals surface area contributed by atoms with Gasteiger partial charge >= 0.3 is 0 Å². The Bertz CT molecular complexity index is 829. The molecule has 1 aliphatic carbocycles. The lowest BCUT2D eigenvalue weighted by Gasteiger charge is -2.37. The molecule has 1 aromatic carbocycles. The highest BCUT2D eigenvalue weighted by atomic mass is 16.2. The van der Waals surface area contributed by atoms with Gasteiger partial charge in [-0.25, -0.2) is 0 Å². The van der Waals surface area contributed by atoms with Gasteiger partial charge in [-0.15, -0.1) is 0 Å². The van der Waals surface area contributed by atoms with Gasteiger partial charge < -0.3 is 9.80 Å². The summed E-state index contributed by atoms with van der Waals surface area (Å²) in [6, 6.07) is 8.39. The third-order valence-electron chi connectivity index (χ3n) is 7.46. The first-order valence-electron chi connectivity index (χ1n) is 12.1. The van der Waals surface area contributed by atoms with E-state index in [1.807, 2.05) is 38.2 Å². The van der Waals surface area contributed by atoms with Crippen molar-refractivity contribution >= 4 is 17.4 Å². The van der Waals surface area contributed by atoms with Crippen LogP contribution in [-0.4, -0.2) is 65.8 Å². The van der Waals surface area contributed by atoms with Crippen LogP contribution in [0.4, 0.5) is 0 Å². The second-order valence-corrected chi connectivity index (χ2v) is 9.71. The molecule has 0 aromatic heterocycles. The van der Waals surface area contributed by atoms with Crippen LogP contribution in [-0.2, 0) is 9.59 Å². The van der Waals surface area contributed by atoms with E-state index < -0.39 is 0 Å². The lowest BCUT2D eigenvalue weighted by Crippen LogP contribution is -2.45. The number of benzene rings is 1. The molecular formula is C26H37N3O2. The van der Waals surface area contributed by atoms with Crippen molar-refractivity contribution in [2.75, 3.05) is 27.2 Å². The molecule has 2 aliphatic heterocycles. The third-order valence-corrected chi connectivity index (χ3v) is 7.46. The molecule has 31 heavy (non-hydrogen) atoms. The van der Waals surface area contributed by atoms with Gasteiger partial charge in [-0.05, 0) is 58.3 Å². The van der Waals surface area contributed by atoms with Crippen molar-refractivity contribution in [3.05, 3.63) is 41.1 Å². The van der Waals surface area contributed by atoms with Gasteiger partial charge in [0.15, 0.2) is 0 Å². The molecule has 1 aromatic rings. The molecule has 3 aliphatic rings. The fraction of sp³-hybridized carbons (Fsp3) is 0.615. The number of aryl methyl sites for hydroxylation is 1. The third kappa shape index (κ3) is 4.57. The maximum Gasteiger partial charge on any atom is 0.278 e. The van der Waals surface area contributed by atoms with E-state index in [4.69, 9.17) is 0 Å². The van der Waals surface area contributed by atoms with Gasteiger partial charge in [0.1, 0.15) is 5.70 Å². The topological polar surface area (TPSA) is 43.9 Å². The minimum Gasteiger partial charge on any atom is -0.366 e. The molecule has 4 rings (SSSR count). The van der Waals surface area contributed by atoms with Crippen LogP contribution in [0.1, 0.15) is 68.9 Å². The number of likely N-dealkylation sites (tertiary alicyclic amines) is 1. The first kappa shape index (κ1) is 22.1. The van der Waals surface area contributed by atoms with Gasteiger partial charge in [0, 0.05) is 19.1 Å². The Labute approximate surface area is 187 Å². The quantitative estimate of drug-likeness (QED) is 0.681. The van der Waals surface area contributed by atoms with Crippen LogP contribution in [0.3, 0.4) is 0 Å². The average molecular weight is 424 g/mol. The van der Waals surface area contributed by atoms with E-state index in [2.05, 4.69) is 16.8 Å². The number of carbonyl (C=O) groups is 2.